The number of anilines is 1. The molecule has 4 rings (SSSR count). The van der Waals surface area contributed by atoms with Gasteiger partial charge in [-0.05, 0) is 63.2 Å². The lowest BCUT2D eigenvalue weighted by molar-refractivity contribution is 0.0989. The van der Waals surface area contributed by atoms with Crippen LogP contribution in [0.5, 0.6) is 0 Å². The number of aryl methyl sites for hydroxylation is 2. The molecule has 0 spiro atoms. The first-order chi connectivity index (χ1) is 13.5. The minimum absolute atomic E-state index is 0.206. The zero-order valence-electron chi connectivity index (χ0n) is 15.7. The molecule has 0 aliphatic carbocycles. The molecule has 1 aromatic carbocycles. The molecule has 5 nitrogen and oxygen atoms in total. The van der Waals surface area contributed by atoms with E-state index in [1.54, 1.807) is 41.4 Å². The Kier molecular flexibility index (Phi) is 4.68. The van der Waals surface area contributed by atoms with Gasteiger partial charge in [0.15, 0.2) is 0 Å². The Labute approximate surface area is 165 Å². The Morgan fingerprint density at radius 2 is 1.93 bits per heavy atom. The van der Waals surface area contributed by atoms with Crippen molar-refractivity contribution in [3.8, 4) is 10.6 Å². The average Bonchev–Trinajstić information content (AvgIpc) is 3.29. The first-order valence-electron chi connectivity index (χ1n) is 8.89. The first-order valence-corrected chi connectivity index (χ1v) is 9.71. The summed E-state index contributed by atoms with van der Waals surface area (Å²) in [6, 6.07) is 11.7. The fourth-order valence-corrected chi connectivity index (χ4v) is 4.00. The van der Waals surface area contributed by atoms with Gasteiger partial charge in [0.2, 0.25) is 0 Å². The monoisotopic (exact) mass is 395 g/mol. The number of carbonyl (C=O) groups excluding carboxylic acids is 1. The van der Waals surface area contributed by atoms with Gasteiger partial charge in [-0.2, -0.15) is 0 Å². The molecule has 0 saturated carbocycles. The van der Waals surface area contributed by atoms with Crippen molar-refractivity contribution in [1.29, 1.82) is 0 Å². The summed E-state index contributed by atoms with van der Waals surface area (Å²) < 4.78 is 18.7. The van der Waals surface area contributed by atoms with Crippen molar-refractivity contribution in [2.24, 2.45) is 0 Å². The van der Waals surface area contributed by atoms with Gasteiger partial charge in [0.25, 0.3) is 11.6 Å². The summed E-state index contributed by atoms with van der Waals surface area (Å²) in [5, 5.41) is 4.59. The summed E-state index contributed by atoms with van der Waals surface area (Å²) in [6.45, 7) is 6.12. The fraction of sp³-hybridized carbons (Fsp3) is 0.190. The number of amides is 1. The third-order valence-corrected chi connectivity index (χ3v) is 5.56. The minimum atomic E-state index is -0.344. The maximum absolute atomic E-state index is 13.5. The number of hydrogen-bond acceptors (Lipinski definition) is 5. The van der Waals surface area contributed by atoms with Crippen LogP contribution in [0, 0.1) is 19.7 Å². The molecule has 0 aliphatic rings. The molecular weight excluding hydrogens is 377 g/mol. The SMILES string of the molecule is CCN(C(=O)c1cc(-c2ccc(C)s2)nc2onc(C)c12)c1ccc(F)cc1. The molecule has 142 valence electrons. The van der Waals surface area contributed by atoms with Crippen LogP contribution < -0.4 is 4.90 Å². The molecule has 3 heterocycles. The lowest BCUT2D eigenvalue weighted by Crippen LogP contribution is -2.31. The van der Waals surface area contributed by atoms with Gasteiger partial charge in [0.1, 0.15) is 5.82 Å². The number of carbonyl (C=O) groups is 1. The molecule has 0 fully saturated rings. The summed E-state index contributed by atoms with van der Waals surface area (Å²) in [5.41, 5.74) is 2.70. The summed E-state index contributed by atoms with van der Waals surface area (Å²) in [6.07, 6.45) is 0. The Morgan fingerprint density at radius 3 is 2.57 bits per heavy atom. The van der Waals surface area contributed by atoms with Gasteiger partial charge in [0, 0.05) is 17.1 Å². The number of fused-ring (bicyclic) bond motifs is 1. The minimum Gasteiger partial charge on any atom is -0.335 e. The number of thiophene rings is 1. The van der Waals surface area contributed by atoms with Gasteiger partial charge in [-0.15, -0.1) is 11.3 Å². The summed E-state index contributed by atoms with van der Waals surface area (Å²) in [5.74, 6) is -0.550. The molecule has 0 unspecified atom stereocenters. The van der Waals surface area contributed by atoms with Crippen LogP contribution in [0.3, 0.4) is 0 Å². The third-order valence-electron chi connectivity index (χ3n) is 4.54. The van der Waals surface area contributed by atoms with Crippen LogP contribution in [0.2, 0.25) is 0 Å². The van der Waals surface area contributed by atoms with Gasteiger partial charge in [-0.1, -0.05) is 5.16 Å². The highest BCUT2D eigenvalue weighted by Crippen LogP contribution is 2.32. The summed E-state index contributed by atoms with van der Waals surface area (Å²) >= 11 is 1.60. The Bertz CT molecular complexity index is 1160. The molecule has 0 N–H and O–H groups in total. The zero-order chi connectivity index (χ0) is 19.8. The van der Waals surface area contributed by atoms with E-state index >= 15 is 0 Å². The van der Waals surface area contributed by atoms with E-state index in [0.29, 0.717) is 40.3 Å². The second kappa shape index (κ2) is 7.16. The first kappa shape index (κ1) is 18.3. The second-order valence-corrected chi connectivity index (χ2v) is 7.73. The van der Waals surface area contributed by atoms with E-state index in [0.717, 1.165) is 9.75 Å². The van der Waals surface area contributed by atoms with Crippen LogP contribution >= 0.6 is 11.3 Å². The van der Waals surface area contributed by atoms with Crippen LogP contribution in [-0.2, 0) is 0 Å². The van der Waals surface area contributed by atoms with E-state index in [-0.39, 0.29) is 11.7 Å². The topological polar surface area (TPSA) is 59.2 Å². The molecule has 0 atom stereocenters. The van der Waals surface area contributed by atoms with Crippen LogP contribution in [0.25, 0.3) is 21.7 Å². The molecule has 0 bridgehead atoms. The van der Waals surface area contributed by atoms with Crippen LogP contribution in [-0.4, -0.2) is 22.6 Å². The standard InChI is InChI=1S/C21H18FN3O2S/c1-4-25(15-8-6-14(22)7-9-15)21(26)16-11-17(18-10-5-12(2)28-18)23-20-19(16)13(3)24-27-20/h5-11H,4H2,1-3H3. The number of hydrogen-bond donors (Lipinski definition) is 0. The molecular formula is C21H18FN3O2S. The van der Waals surface area contributed by atoms with Crippen LogP contribution in [0.4, 0.5) is 10.1 Å². The van der Waals surface area contributed by atoms with Gasteiger partial charge in [-0.25, -0.2) is 9.37 Å². The summed E-state index contributed by atoms with van der Waals surface area (Å²) in [7, 11) is 0. The largest absolute Gasteiger partial charge is 0.335 e. The maximum Gasteiger partial charge on any atom is 0.259 e. The molecule has 0 saturated heterocycles. The predicted molar refractivity (Wildman–Crippen MR) is 108 cm³/mol. The molecule has 4 aromatic rings. The quantitative estimate of drug-likeness (QED) is 0.466. The van der Waals surface area contributed by atoms with Crippen molar-refractivity contribution >= 4 is 34.0 Å². The van der Waals surface area contributed by atoms with Crippen molar-refractivity contribution in [1.82, 2.24) is 10.1 Å². The van der Waals surface area contributed by atoms with Crippen molar-refractivity contribution in [2.75, 3.05) is 11.4 Å². The Hall–Kier alpha value is -3.06. The smallest absolute Gasteiger partial charge is 0.259 e. The number of aromatic nitrogens is 2. The van der Waals surface area contributed by atoms with Gasteiger partial charge in [-0.3, -0.25) is 4.79 Å². The molecule has 1 amide bonds. The predicted octanol–water partition coefficient (Wildman–Crippen LogP) is 5.37. The number of halogens is 1. The van der Waals surface area contributed by atoms with Crippen molar-refractivity contribution in [2.45, 2.75) is 20.8 Å². The molecule has 7 heteroatoms. The molecule has 3 aromatic heterocycles. The highest BCUT2D eigenvalue weighted by atomic mass is 32.1. The normalized spacial score (nSPS) is 11.1. The Morgan fingerprint density at radius 1 is 1.18 bits per heavy atom. The van der Waals surface area contributed by atoms with Crippen molar-refractivity contribution < 1.29 is 13.7 Å². The average molecular weight is 395 g/mol. The van der Waals surface area contributed by atoms with Gasteiger partial charge >= 0.3 is 0 Å². The number of pyridine rings is 1. The third kappa shape index (κ3) is 3.18. The second-order valence-electron chi connectivity index (χ2n) is 6.44. The van der Waals surface area contributed by atoms with E-state index < -0.39 is 0 Å². The maximum atomic E-state index is 13.5. The number of benzene rings is 1. The molecule has 28 heavy (non-hydrogen) atoms. The highest BCUT2D eigenvalue weighted by Gasteiger charge is 2.24. The highest BCUT2D eigenvalue weighted by molar-refractivity contribution is 7.15. The number of nitrogens with zero attached hydrogens (tertiary/aromatic N) is 3. The summed E-state index contributed by atoms with van der Waals surface area (Å²) in [4.78, 5) is 21.7. The lowest BCUT2D eigenvalue weighted by atomic mass is 10.1. The van der Waals surface area contributed by atoms with Crippen LogP contribution in [0.1, 0.15) is 27.9 Å². The molecule has 0 radical (unpaired) electrons. The lowest BCUT2D eigenvalue weighted by Gasteiger charge is -2.21. The van der Waals surface area contributed by atoms with Gasteiger partial charge < -0.3 is 9.42 Å². The van der Waals surface area contributed by atoms with E-state index in [9.17, 15) is 9.18 Å². The van der Waals surface area contributed by atoms with E-state index in [1.165, 1.54) is 12.1 Å². The van der Waals surface area contributed by atoms with E-state index in [2.05, 4.69) is 10.1 Å². The van der Waals surface area contributed by atoms with Gasteiger partial charge in [0.05, 0.1) is 27.2 Å². The molecule has 0 aliphatic heterocycles. The zero-order valence-corrected chi connectivity index (χ0v) is 16.5. The van der Waals surface area contributed by atoms with E-state index in [1.807, 2.05) is 26.0 Å². The van der Waals surface area contributed by atoms with Crippen molar-refractivity contribution in [3.63, 3.8) is 0 Å². The number of rotatable bonds is 4. The van der Waals surface area contributed by atoms with Crippen molar-refractivity contribution in [3.05, 3.63) is 64.4 Å². The van der Waals surface area contributed by atoms with Crippen LogP contribution in [0.15, 0.2) is 47.0 Å². The van der Waals surface area contributed by atoms with E-state index in [4.69, 9.17) is 4.52 Å². The fourth-order valence-electron chi connectivity index (χ4n) is 3.17. The Balaban J connectivity index is 1.87.